The summed E-state index contributed by atoms with van der Waals surface area (Å²) < 4.78 is 21.9. The minimum absolute atomic E-state index is 0.313. The van der Waals surface area contributed by atoms with Gasteiger partial charge in [-0.2, -0.15) is 0 Å². The standard InChI is InChI=1S/C22H16O6S/c1-25-15-8-6-13(7-9-15)18-11-17(12-19-20(18)28-22(24)29-19)27-21(23)14-4-3-5-16(10-14)26-2/h3-12H,1-2H3. The normalized spacial score (nSPS) is 10.7. The molecule has 0 saturated heterocycles. The lowest BCUT2D eigenvalue weighted by Gasteiger charge is -2.09. The molecule has 0 bridgehead atoms. The molecule has 1 aromatic heterocycles. The molecule has 0 amide bonds. The van der Waals surface area contributed by atoms with Crippen molar-refractivity contribution in [3.05, 3.63) is 76.0 Å². The maximum atomic E-state index is 12.6. The summed E-state index contributed by atoms with van der Waals surface area (Å²) in [4.78, 5) is 24.0. The largest absolute Gasteiger partial charge is 0.497 e. The van der Waals surface area contributed by atoms with Gasteiger partial charge in [0.05, 0.1) is 24.5 Å². The van der Waals surface area contributed by atoms with Gasteiger partial charge in [0, 0.05) is 11.6 Å². The monoisotopic (exact) mass is 408 g/mol. The van der Waals surface area contributed by atoms with Crippen LogP contribution in [-0.4, -0.2) is 20.2 Å². The van der Waals surface area contributed by atoms with Crippen LogP contribution in [0.25, 0.3) is 21.4 Å². The molecule has 146 valence electrons. The summed E-state index contributed by atoms with van der Waals surface area (Å²) >= 11 is 0.954. The maximum absolute atomic E-state index is 12.6. The lowest BCUT2D eigenvalue weighted by molar-refractivity contribution is 0.0734. The summed E-state index contributed by atoms with van der Waals surface area (Å²) in [7, 11) is 3.12. The number of ether oxygens (including phenoxy) is 3. The predicted octanol–water partition coefficient (Wildman–Crippen LogP) is 4.76. The van der Waals surface area contributed by atoms with E-state index >= 15 is 0 Å². The molecule has 0 N–H and O–H groups in total. The number of esters is 1. The van der Waals surface area contributed by atoms with E-state index in [2.05, 4.69) is 0 Å². The first-order chi connectivity index (χ1) is 14.1. The third-order valence-electron chi connectivity index (χ3n) is 4.32. The van der Waals surface area contributed by atoms with Crippen LogP contribution in [0.2, 0.25) is 0 Å². The number of methoxy groups -OCH3 is 2. The van der Waals surface area contributed by atoms with E-state index in [1.807, 2.05) is 12.1 Å². The van der Waals surface area contributed by atoms with Crippen molar-refractivity contribution in [2.75, 3.05) is 14.2 Å². The molecule has 0 spiro atoms. The Bertz CT molecular complexity index is 1240. The number of hydrogen-bond acceptors (Lipinski definition) is 7. The number of benzene rings is 3. The highest BCUT2D eigenvalue weighted by Crippen LogP contribution is 2.35. The Hall–Kier alpha value is -3.58. The minimum atomic E-state index is -0.528. The number of carbonyl (C=O) groups excluding carboxylic acids is 1. The molecular weight excluding hydrogens is 392 g/mol. The van der Waals surface area contributed by atoms with Crippen molar-refractivity contribution < 1.29 is 23.4 Å². The Kier molecular flexibility index (Phi) is 5.05. The Morgan fingerprint density at radius 3 is 2.38 bits per heavy atom. The van der Waals surface area contributed by atoms with Crippen LogP contribution in [0.1, 0.15) is 10.4 Å². The van der Waals surface area contributed by atoms with E-state index in [4.69, 9.17) is 18.6 Å². The van der Waals surface area contributed by atoms with Crippen LogP contribution < -0.4 is 19.1 Å². The van der Waals surface area contributed by atoms with Crippen LogP contribution in [0.5, 0.6) is 17.2 Å². The molecule has 6 nitrogen and oxygen atoms in total. The topological polar surface area (TPSA) is 75.0 Å². The van der Waals surface area contributed by atoms with Crippen molar-refractivity contribution in [3.63, 3.8) is 0 Å². The zero-order valence-electron chi connectivity index (χ0n) is 15.6. The molecule has 4 rings (SSSR count). The first-order valence-electron chi connectivity index (χ1n) is 8.66. The highest BCUT2D eigenvalue weighted by molar-refractivity contribution is 7.16. The van der Waals surface area contributed by atoms with E-state index < -0.39 is 10.9 Å². The molecule has 0 atom stereocenters. The Morgan fingerprint density at radius 2 is 1.66 bits per heavy atom. The molecule has 0 unspecified atom stereocenters. The summed E-state index contributed by atoms with van der Waals surface area (Å²) in [6.45, 7) is 0. The van der Waals surface area contributed by atoms with Crippen LogP contribution in [0.15, 0.2) is 69.9 Å². The van der Waals surface area contributed by atoms with E-state index in [0.29, 0.717) is 38.7 Å². The van der Waals surface area contributed by atoms with Crippen molar-refractivity contribution in [1.82, 2.24) is 0 Å². The molecule has 1 heterocycles. The molecule has 4 aromatic rings. The van der Waals surface area contributed by atoms with Crippen LogP contribution in [-0.2, 0) is 0 Å². The zero-order chi connectivity index (χ0) is 20.4. The van der Waals surface area contributed by atoms with Gasteiger partial charge in [0.1, 0.15) is 17.2 Å². The summed E-state index contributed by atoms with van der Waals surface area (Å²) in [6.07, 6.45) is 0. The number of carbonyl (C=O) groups is 1. The Labute approximate surface area is 169 Å². The number of hydrogen-bond donors (Lipinski definition) is 0. The smallest absolute Gasteiger partial charge is 0.396 e. The van der Waals surface area contributed by atoms with Gasteiger partial charge < -0.3 is 18.6 Å². The number of fused-ring (bicyclic) bond motifs is 1. The first kappa shape index (κ1) is 18.8. The highest BCUT2D eigenvalue weighted by Gasteiger charge is 2.16. The lowest BCUT2D eigenvalue weighted by atomic mass is 10.0. The molecule has 0 fully saturated rings. The first-order valence-corrected chi connectivity index (χ1v) is 9.47. The van der Waals surface area contributed by atoms with Gasteiger partial charge in [-0.05, 0) is 42.0 Å². The SMILES string of the molecule is COc1ccc(-c2cc(OC(=O)c3cccc(OC)c3)cc3sc(=O)oc23)cc1. The molecule has 0 radical (unpaired) electrons. The lowest BCUT2D eigenvalue weighted by Crippen LogP contribution is -2.08. The third kappa shape index (κ3) is 3.86. The zero-order valence-corrected chi connectivity index (χ0v) is 16.4. The summed E-state index contributed by atoms with van der Waals surface area (Å²) in [5, 5.41) is 0. The molecular formula is C22H16O6S. The molecule has 29 heavy (non-hydrogen) atoms. The molecule has 0 aliphatic rings. The van der Waals surface area contributed by atoms with Gasteiger partial charge in [0.2, 0.25) is 0 Å². The fraction of sp³-hybridized carbons (Fsp3) is 0.0909. The average molecular weight is 408 g/mol. The van der Waals surface area contributed by atoms with Crippen molar-refractivity contribution in [3.8, 4) is 28.4 Å². The molecule has 0 aliphatic carbocycles. The average Bonchev–Trinajstić information content (AvgIpc) is 3.13. The van der Waals surface area contributed by atoms with Crippen LogP contribution in [0.4, 0.5) is 0 Å². The van der Waals surface area contributed by atoms with Gasteiger partial charge >= 0.3 is 10.9 Å². The van der Waals surface area contributed by atoms with Crippen LogP contribution in [0.3, 0.4) is 0 Å². The Balaban J connectivity index is 1.75. The fourth-order valence-electron chi connectivity index (χ4n) is 2.91. The second kappa shape index (κ2) is 7.81. The van der Waals surface area contributed by atoms with Crippen LogP contribution >= 0.6 is 11.3 Å². The summed E-state index contributed by atoms with van der Waals surface area (Å²) in [5.41, 5.74) is 2.26. The highest BCUT2D eigenvalue weighted by atomic mass is 32.1. The predicted molar refractivity (Wildman–Crippen MR) is 110 cm³/mol. The molecule has 7 heteroatoms. The van der Waals surface area contributed by atoms with Gasteiger partial charge in [-0.25, -0.2) is 9.59 Å². The van der Waals surface area contributed by atoms with Crippen molar-refractivity contribution in [2.24, 2.45) is 0 Å². The Morgan fingerprint density at radius 1 is 0.897 bits per heavy atom. The molecule has 3 aromatic carbocycles. The van der Waals surface area contributed by atoms with E-state index in [1.165, 1.54) is 7.11 Å². The molecule has 0 aliphatic heterocycles. The fourth-order valence-corrected chi connectivity index (χ4v) is 3.64. The quantitative estimate of drug-likeness (QED) is 0.350. The summed E-state index contributed by atoms with van der Waals surface area (Å²) in [5.74, 6) is 1.05. The summed E-state index contributed by atoms with van der Waals surface area (Å²) in [6, 6.07) is 17.3. The van der Waals surface area contributed by atoms with Crippen molar-refractivity contribution >= 4 is 27.6 Å². The van der Waals surface area contributed by atoms with Gasteiger partial charge in [-0.15, -0.1) is 0 Å². The second-order valence-corrected chi connectivity index (χ2v) is 7.08. The van der Waals surface area contributed by atoms with Gasteiger partial charge in [-0.3, -0.25) is 0 Å². The van der Waals surface area contributed by atoms with Gasteiger partial charge in [0.25, 0.3) is 0 Å². The molecule has 0 saturated carbocycles. The maximum Gasteiger partial charge on any atom is 0.396 e. The van der Waals surface area contributed by atoms with Crippen molar-refractivity contribution in [1.29, 1.82) is 0 Å². The van der Waals surface area contributed by atoms with Gasteiger partial charge in [-0.1, -0.05) is 29.5 Å². The van der Waals surface area contributed by atoms with E-state index in [9.17, 15) is 9.59 Å². The second-order valence-electron chi connectivity index (χ2n) is 6.10. The van der Waals surface area contributed by atoms with E-state index in [1.54, 1.807) is 55.6 Å². The van der Waals surface area contributed by atoms with E-state index in [0.717, 1.165) is 16.9 Å². The van der Waals surface area contributed by atoms with Crippen molar-refractivity contribution in [2.45, 2.75) is 0 Å². The van der Waals surface area contributed by atoms with Gasteiger partial charge in [0.15, 0.2) is 5.58 Å². The number of rotatable bonds is 5. The minimum Gasteiger partial charge on any atom is -0.497 e. The third-order valence-corrected chi connectivity index (χ3v) is 5.10. The van der Waals surface area contributed by atoms with E-state index in [-0.39, 0.29) is 0 Å². The van der Waals surface area contributed by atoms with Crippen LogP contribution in [0, 0.1) is 0 Å².